The van der Waals surface area contributed by atoms with E-state index in [1.165, 1.54) is 77.0 Å². The molecule has 3 unspecified atom stereocenters. The average Bonchev–Trinajstić information content (AvgIpc) is 3.19. The number of hydrogen-bond acceptors (Lipinski definition) is 5. The molecule has 0 aliphatic heterocycles. The largest absolute Gasteiger partial charge is 0.462 e. The van der Waals surface area contributed by atoms with Gasteiger partial charge in [0.05, 0.1) is 25.2 Å². The summed E-state index contributed by atoms with van der Waals surface area (Å²) in [5, 5.41) is 23.6. The molecule has 0 radical (unpaired) electrons. The first-order valence-electron chi connectivity index (χ1n) is 23.6. The highest BCUT2D eigenvalue weighted by atomic mass is 16.5. The van der Waals surface area contributed by atoms with Gasteiger partial charge < -0.3 is 20.3 Å². The van der Waals surface area contributed by atoms with Crippen LogP contribution >= 0.6 is 0 Å². The number of esters is 1. The molecule has 6 heteroatoms. The van der Waals surface area contributed by atoms with Gasteiger partial charge in [0.15, 0.2) is 0 Å². The van der Waals surface area contributed by atoms with Crippen LogP contribution in [-0.4, -0.2) is 46.9 Å². The lowest BCUT2D eigenvalue weighted by atomic mass is 10.0. The highest BCUT2D eigenvalue weighted by Gasteiger charge is 2.24. The van der Waals surface area contributed by atoms with Crippen molar-refractivity contribution in [2.24, 2.45) is 0 Å². The Morgan fingerprint density at radius 3 is 1.57 bits per heavy atom. The Balaban J connectivity index is 4.60. The number of unbranched alkanes of at least 4 members (excludes halogenated alkanes) is 22. The number of nitrogens with one attached hydrogen (secondary N) is 1. The first-order chi connectivity index (χ1) is 27.5. The second-order valence-electron chi connectivity index (χ2n) is 15.9. The molecule has 6 nitrogen and oxygen atoms in total. The van der Waals surface area contributed by atoms with E-state index in [2.05, 4.69) is 68.6 Å². The summed E-state index contributed by atoms with van der Waals surface area (Å²) in [7, 11) is 0. The van der Waals surface area contributed by atoms with Crippen LogP contribution in [0.15, 0.2) is 60.8 Å². The number of aliphatic hydroxyl groups excluding tert-OH is 2. The minimum absolute atomic E-state index is 0.0554. The van der Waals surface area contributed by atoms with Crippen LogP contribution in [0.4, 0.5) is 0 Å². The number of hydrogen-bond donors (Lipinski definition) is 3. The highest BCUT2D eigenvalue weighted by Crippen LogP contribution is 2.17. The molecule has 0 saturated carbocycles. The van der Waals surface area contributed by atoms with Crippen LogP contribution in [-0.2, 0) is 14.3 Å². The zero-order valence-electron chi connectivity index (χ0n) is 36.8. The van der Waals surface area contributed by atoms with Crippen LogP contribution in [0.2, 0.25) is 0 Å². The van der Waals surface area contributed by atoms with E-state index in [-0.39, 0.29) is 24.9 Å². The van der Waals surface area contributed by atoms with Gasteiger partial charge in [-0.3, -0.25) is 9.59 Å². The van der Waals surface area contributed by atoms with Crippen molar-refractivity contribution < 1.29 is 24.5 Å². The highest BCUT2D eigenvalue weighted by molar-refractivity contribution is 5.77. The minimum Gasteiger partial charge on any atom is -0.462 e. The Morgan fingerprint density at radius 1 is 0.536 bits per heavy atom. The summed E-state index contributed by atoms with van der Waals surface area (Å²) >= 11 is 0. The molecule has 0 aliphatic carbocycles. The molecule has 0 aromatic rings. The molecule has 3 atom stereocenters. The molecule has 0 bridgehead atoms. The maximum Gasteiger partial charge on any atom is 0.306 e. The van der Waals surface area contributed by atoms with E-state index in [1.807, 2.05) is 18.2 Å². The standard InChI is InChI=1S/C50H89NO5/c1-4-7-10-13-16-19-22-24-25-26-28-31-34-37-40-43-50(55)56-46(41-38-35-32-29-21-18-15-12-9-6-3)44-49(54)51-47(45-52)48(53)42-39-36-33-30-27-23-20-17-14-11-8-5-2/h7,10,13,16,18-19,21-22,24-25,46-48,52-53H,4-6,8-9,11-12,14-15,17,20,23,26-45H2,1-3H3,(H,51,54)/b10-7+,16-13+,21-18-,22-19+,25-24-. The van der Waals surface area contributed by atoms with Crippen molar-refractivity contribution in [3.8, 4) is 0 Å². The summed E-state index contributed by atoms with van der Waals surface area (Å²) in [6.07, 6.45) is 52.8. The van der Waals surface area contributed by atoms with Crippen molar-refractivity contribution in [1.29, 1.82) is 0 Å². The summed E-state index contributed by atoms with van der Waals surface area (Å²) in [5.74, 6) is -0.520. The van der Waals surface area contributed by atoms with E-state index in [0.29, 0.717) is 19.3 Å². The molecular weight excluding hydrogens is 695 g/mol. The van der Waals surface area contributed by atoms with Crippen molar-refractivity contribution in [1.82, 2.24) is 5.32 Å². The van der Waals surface area contributed by atoms with Crippen molar-refractivity contribution in [3.63, 3.8) is 0 Å². The molecule has 56 heavy (non-hydrogen) atoms. The predicted molar refractivity (Wildman–Crippen MR) is 241 cm³/mol. The van der Waals surface area contributed by atoms with Crippen LogP contribution in [0.3, 0.4) is 0 Å². The second kappa shape index (κ2) is 43.7. The molecule has 0 saturated heterocycles. The van der Waals surface area contributed by atoms with Gasteiger partial charge in [-0.05, 0) is 70.6 Å². The molecule has 1 amide bonds. The molecule has 324 valence electrons. The van der Waals surface area contributed by atoms with Gasteiger partial charge in [0, 0.05) is 6.42 Å². The topological polar surface area (TPSA) is 95.9 Å². The van der Waals surface area contributed by atoms with E-state index >= 15 is 0 Å². The van der Waals surface area contributed by atoms with Crippen molar-refractivity contribution >= 4 is 11.9 Å². The lowest BCUT2D eigenvalue weighted by Crippen LogP contribution is -2.46. The maximum atomic E-state index is 13.1. The van der Waals surface area contributed by atoms with Crippen LogP contribution < -0.4 is 5.32 Å². The molecule has 3 N–H and O–H groups in total. The molecule has 0 aromatic heterocycles. The Labute approximate surface area is 346 Å². The number of rotatable bonds is 41. The second-order valence-corrected chi connectivity index (χ2v) is 15.9. The van der Waals surface area contributed by atoms with Gasteiger partial charge in [0.2, 0.25) is 5.91 Å². The third-order valence-electron chi connectivity index (χ3n) is 10.4. The van der Waals surface area contributed by atoms with Crippen LogP contribution in [0.1, 0.15) is 220 Å². The van der Waals surface area contributed by atoms with E-state index in [1.54, 1.807) is 0 Å². The van der Waals surface area contributed by atoms with E-state index < -0.39 is 18.2 Å². The smallest absolute Gasteiger partial charge is 0.306 e. The lowest BCUT2D eigenvalue weighted by molar-refractivity contribution is -0.151. The zero-order chi connectivity index (χ0) is 41.0. The molecule has 0 aromatic carbocycles. The van der Waals surface area contributed by atoms with Crippen molar-refractivity contribution in [2.75, 3.05) is 6.61 Å². The van der Waals surface area contributed by atoms with Gasteiger partial charge >= 0.3 is 5.97 Å². The number of carbonyl (C=O) groups is 2. The normalized spacial score (nSPS) is 13.9. The van der Waals surface area contributed by atoms with Gasteiger partial charge in [-0.2, -0.15) is 0 Å². The SMILES string of the molecule is CC/C=C/C=C/C=C/C=C\CCCCCCCC(=O)OC(CCCCC/C=C\CCCCC)CC(=O)NC(CO)C(O)CCCCCCCCCCCCCC. The van der Waals surface area contributed by atoms with Gasteiger partial charge in [0.1, 0.15) is 6.10 Å². The minimum atomic E-state index is -0.795. The molecule has 0 rings (SSSR count). The third-order valence-corrected chi connectivity index (χ3v) is 10.4. The lowest BCUT2D eigenvalue weighted by Gasteiger charge is -2.24. The van der Waals surface area contributed by atoms with Crippen LogP contribution in [0, 0.1) is 0 Å². The number of aliphatic hydroxyl groups is 2. The fourth-order valence-corrected chi connectivity index (χ4v) is 6.85. The Morgan fingerprint density at radius 2 is 0.982 bits per heavy atom. The van der Waals surface area contributed by atoms with Crippen LogP contribution in [0.25, 0.3) is 0 Å². The quantitative estimate of drug-likeness (QED) is 0.0248. The van der Waals surface area contributed by atoms with Crippen LogP contribution in [0.5, 0.6) is 0 Å². The number of carbonyl (C=O) groups excluding carboxylic acids is 2. The summed E-state index contributed by atoms with van der Waals surface area (Å²) in [5.41, 5.74) is 0. The molecular formula is C50H89NO5. The first kappa shape index (κ1) is 53.6. The molecule has 0 fully saturated rings. The fraction of sp³-hybridized carbons (Fsp3) is 0.760. The zero-order valence-corrected chi connectivity index (χ0v) is 36.8. The molecule has 0 heterocycles. The summed E-state index contributed by atoms with van der Waals surface area (Å²) in [6, 6.07) is -0.710. The predicted octanol–water partition coefficient (Wildman–Crippen LogP) is 13.7. The van der Waals surface area contributed by atoms with E-state index in [0.717, 1.165) is 96.3 Å². The molecule has 0 aliphatic rings. The average molecular weight is 784 g/mol. The first-order valence-corrected chi connectivity index (χ1v) is 23.6. The molecule has 0 spiro atoms. The fourth-order valence-electron chi connectivity index (χ4n) is 6.85. The number of ether oxygens (including phenoxy) is 1. The monoisotopic (exact) mass is 784 g/mol. The summed E-state index contributed by atoms with van der Waals surface area (Å²) < 4.78 is 5.88. The van der Waals surface area contributed by atoms with E-state index in [4.69, 9.17) is 4.74 Å². The number of allylic oxidation sites excluding steroid dienone is 10. The van der Waals surface area contributed by atoms with Gasteiger partial charge in [-0.15, -0.1) is 0 Å². The number of amides is 1. The van der Waals surface area contributed by atoms with Crippen molar-refractivity contribution in [3.05, 3.63) is 60.8 Å². The maximum absolute atomic E-state index is 13.1. The summed E-state index contributed by atoms with van der Waals surface area (Å²) in [6.45, 7) is 6.29. The Kier molecular flexibility index (Phi) is 41.8. The van der Waals surface area contributed by atoms with Gasteiger partial charge in [-0.1, -0.05) is 197 Å². The van der Waals surface area contributed by atoms with Gasteiger partial charge in [0.25, 0.3) is 0 Å². The Bertz CT molecular complexity index is 1010. The van der Waals surface area contributed by atoms with Crippen molar-refractivity contribution in [2.45, 2.75) is 238 Å². The Hall–Kier alpha value is -2.44. The third kappa shape index (κ3) is 38.4. The van der Waals surface area contributed by atoms with Gasteiger partial charge in [-0.25, -0.2) is 0 Å². The summed E-state index contributed by atoms with van der Waals surface area (Å²) in [4.78, 5) is 26.0. The van der Waals surface area contributed by atoms with E-state index in [9.17, 15) is 19.8 Å².